The number of carbonyl (C=O) groups is 1. The van der Waals surface area contributed by atoms with Crippen LogP contribution in [0.4, 0.5) is 0 Å². The number of rotatable bonds is 5. The van der Waals surface area contributed by atoms with Gasteiger partial charge in [-0.3, -0.25) is 4.79 Å². The normalized spacial score (nSPS) is 10.4. The molecule has 0 saturated heterocycles. The van der Waals surface area contributed by atoms with Gasteiger partial charge in [0.2, 0.25) is 11.8 Å². The Labute approximate surface area is 95.3 Å². The first kappa shape index (κ1) is 12.2. The zero-order chi connectivity index (χ0) is 11.8. The minimum Gasteiger partial charge on any atom is -0.481 e. The lowest BCUT2D eigenvalue weighted by atomic mass is 10.2. The van der Waals surface area contributed by atoms with Crippen molar-refractivity contribution < 1.29 is 9.53 Å². The Morgan fingerprint density at radius 1 is 1.62 bits per heavy atom. The molecule has 0 fully saturated rings. The summed E-state index contributed by atoms with van der Waals surface area (Å²) >= 11 is 0. The molecule has 0 unspecified atom stereocenters. The number of hydrogen-bond acceptors (Lipinski definition) is 3. The summed E-state index contributed by atoms with van der Waals surface area (Å²) in [6, 6.07) is 3.76. The second-order valence-electron chi connectivity index (χ2n) is 3.31. The molecule has 1 heterocycles. The molecule has 4 heteroatoms. The number of nitrogens with one attached hydrogen (secondary N) is 1. The molecule has 0 bridgehead atoms. The Bertz CT molecular complexity index is 375. The molecule has 1 aromatic heterocycles. The zero-order valence-electron chi connectivity index (χ0n) is 9.56. The van der Waals surface area contributed by atoms with Gasteiger partial charge in [-0.2, -0.15) is 0 Å². The Kier molecular flexibility index (Phi) is 5.05. The van der Waals surface area contributed by atoms with Crippen LogP contribution >= 0.6 is 0 Å². The third-order valence-corrected chi connectivity index (χ3v) is 1.96. The minimum atomic E-state index is -0.000944. The zero-order valence-corrected chi connectivity index (χ0v) is 9.56. The fourth-order valence-electron chi connectivity index (χ4n) is 1.19. The second-order valence-corrected chi connectivity index (χ2v) is 3.31. The van der Waals surface area contributed by atoms with Gasteiger partial charge in [-0.1, -0.05) is 12.2 Å². The highest BCUT2D eigenvalue weighted by molar-refractivity contribution is 5.72. The van der Waals surface area contributed by atoms with Gasteiger partial charge in [-0.05, 0) is 18.1 Å². The van der Waals surface area contributed by atoms with Gasteiger partial charge in [-0.15, -0.1) is 0 Å². The highest BCUT2D eigenvalue weighted by Crippen LogP contribution is 2.09. The van der Waals surface area contributed by atoms with E-state index in [1.807, 2.05) is 24.3 Å². The molecule has 86 valence electrons. The molecule has 0 aliphatic carbocycles. The SMILES string of the molecule is COc1cc(C=CCCNC(C)=O)ccn1. The molecule has 4 nitrogen and oxygen atoms in total. The fourth-order valence-corrected chi connectivity index (χ4v) is 1.19. The van der Waals surface area contributed by atoms with E-state index >= 15 is 0 Å². The highest BCUT2D eigenvalue weighted by atomic mass is 16.5. The number of nitrogens with zero attached hydrogens (tertiary/aromatic N) is 1. The summed E-state index contributed by atoms with van der Waals surface area (Å²) in [5.41, 5.74) is 1.04. The summed E-state index contributed by atoms with van der Waals surface area (Å²) in [5, 5.41) is 2.73. The number of methoxy groups -OCH3 is 1. The van der Waals surface area contributed by atoms with Crippen LogP contribution in [-0.4, -0.2) is 24.5 Å². The van der Waals surface area contributed by atoms with E-state index in [2.05, 4.69) is 10.3 Å². The molecule has 1 amide bonds. The summed E-state index contributed by atoms with van der Waals surface area (Å²) in [6.45, 7) is 2.17. The molecule has 0 aliphatic rings. The number of amides is 1. The lowest BCUT2D eigenvalue weighted by Crippen LogP contribution is -2.20. The van der Waals surface area contributed by atoms with Crippen LogP contribution in [0.25, 0.3) is 6.08 Å². The van der Waals surface area contributed by atoms with Crippen LogP contribution < -0.4 is 10.1 Å². The van der Waals surface area contributed by atoms with Gasteiger partial charge in [0.15, 0.2) is 0 Å². The number of pyridine rings is 1. The third-order valence-electron chi connectivity index (χ3n) is 1.96. The van der Waals surface area contributed by atoms with E-state index in [0.29, 0.717) is 12.4 Å². The van der Waals surface area contributed by atoms with Crippen molar-refractivity contribution in [2.45, 2.75) is 13.3 Å². The van der Waals surface area contributed by atoms with Crippen molar-refractivity contribution in [2.75, 3.05) is 13.7 Å². The topological polar surface area (TPSA) is 51.2 Å². The maximum Gasteiger partial charge on any atom is 0.216 e. The summed E-state index contributed by atoms with van der Waals surface area (Å²) in [4.78, 5) is 14.6. The van der Waals surface area contributed by atoms with E-state index in [1.54, 1.807) is 13.3 Å². The fraction of sp³-hybridized carbons (Fsp3) is 0.333. The third kappa shape index (κ3) is 4.59. The van der Waals surface area contributed by atoms with Gasteiger partial charge in [0.05, 0.1) is 7.11 Å². The molecular formula is C12H16N2O2. The van der Waals surface area contributed by atoms with Crippen LogP contribution in [0.1, 0.15) is 18.9 Å². The quantitative estimate of drug-likeness (QED) is 0.767. The number of hydrogen-bond donors (Lipinski definition) is 1. The van der Waals surface area contributed by atoms with E-state index in [4.69, 9.17) is 4.74 Å². The van der Waals surface area contributed by atoms with E-state index in [9.17, 15) is 4.79 Å². The average Bonchev–Trinajstić information content (AvgIpc) is 2.28. The van der Waals surface area contributed by atoms with Gasteiger partial charge in [0, 0.05) is 25.7 Å². The summed E-state index contributed by atoms with van der Waals surface area (Å²) in [6.07, 6.45) is 6.49. The van der Waals surface area contributed by atoms with E-state index in [-0.39, 0.29) is 5.91 Å². The van der Waals surface area contributed by atoms with Crippen molar-refractivity contribution >= 4 is 12.0 Å². The standard InChI is InChI=1S/C12H16N2O2/c1-10(15)13-7-4-3-5-11-6-8-14-12(9-11)16-2/h3,5-6,8-9H,4,7H2,1-2H3,(H,13,15). The Morgan fingerprint density at radius 3 is 3.12 bits per heavy atom. The molecule has 1 rings (SSSR count). The predicted molar refractivity (Wildman–Crippen MR) is 63.1 cm³/mol. The van der Waals surface area contributed by atoms with Crippen molar-refractivity contribution in [3.8, 4) is 5.88 Å². The minimum absolute atomic E-state index is 0.000944. The summed E-state index contributed by atoms with van der Waals surface area (Å²) < 4.78 is 5.01. The van der Waals surface area contributed by atoms with Crippen LogP contribution in [0.15, 0.2) is 24.4 Å². The Morgan fingerprint density at radius 2 is 2.44 bits per heavy atom. The lowest BCUT2D eigenvalue weighted by molar-refractivity contribution is -0.118. The highest BCUT2D eigenvalue weighted by Gasteiger charge is 1.92. The molecule has 0 saturated carbocycles. The predicted octanol–water partition coefficient (Wildman–Crippen LogP) is 1.63. The van der Waals surface area contributed by atoms with Crippen molar-refractivity contribution in [1.82, 2.24) is 10.3 Å². The van der Waals surface area contributed by atoms with Crippen molar-refractivity contribution in [2.24, 2.45) is 0 Å². The maximum atomic E-state index is 10.6. The smallest absolute Gasteiger partial charge is 0.216 e. The molecule has 1 aromatic rings. The van der Waals surface area contributed by atoms with Gasteiger partial charge in [0.1, 0.15) is 0 Å². The Hall–Kier alpha value is -1.84. The van der Waals surface area contributed by atoms with Crippen molar-refractivity contribution in [1.29, 1.82) is 0 Å². The first-order valence-corrected chi connectivity index (χ1v) is 5.13. The number of ether oxygens (including phenoxy) is 1. The molecule has 0 aliphatic heterocycles. The molecular weight excluding hydrogens is 204 g/mol. The van der Waals surface area contributed by atoms with Crippen LogP contribution in [0.3, 0.4) is 0 Å². The monoisotopic (exact) mass is 220 g/mol. The lowest BCUT2D eigenvalue weighted by Gasteiger charge is -1.99. The van der Waals surface area contributed by atoms with Gasteiger partial charge >= 0.3 is 0 Å². The molecule has 0 radical (unpaired) electrons. The molecule has 0 spiro atoms. The van der Waals surface area contributed by atoms with Crippen LogP contribution in [0.5, 0.6) is 5.88 Å². The first-order chi connectivity index (χ1) is 7.72. The number of aromatic nitrogens is 1. The van der Waals surface area contributed by atoms with Crippen molar-refractivity contribution in [3.05, 3.63) is 30.0 Å². The van der Waals surface area contributed by atoms with E-state index in [0.717, 1.165) is 12.0 Å². The molecule has 16 heavy (non-hydrogen) atoms. The van der Waals surface area contributed by atoms with Gasteiger partial charge in [0.25, 0.3) is 0 Å². The average molecular weight is 220 g/mol. The largest absolute Gasteiger partial charge is 0.481 e. The molecule has 1 N–H and O–H groups in total. The van der Waals surface area contributed by atoms with E-state index < -0.39 is 0 Å². The molecule has 0 atom stereocenters. The van der Waals surface area contributed by atoms with Crippen LogP contribution in [0, 0.1) is 0 Å². The Balaban J connectivity index is 2.40. The van der Waals surface area contributed by atoms with Gasteiger partial charge < -0.3 is 10.1 Å². The maximum absolute atomic E-state index is 10.6. The summed E-state index contributed by atoms with van der Waals surface area (Å²) in [7, 11) is 1.59. The van der Waals surface area contributed by atoms with Gasteiger partial charge in [-0.25, -0.2) is 4.98 Å². The van der Waals surface area contributed by atoms with Crippen LogP contribution in [0.2, 0.25) is 0 Å². The second kappa shape index (κ2) is 6.61. The first-order valence-electron chi connectivity index (χ1n) is 5.13. The van der Waals surface area contributed by atoms with Crippen LogP contribution in [-0.2, 0) is 4.79 Å². The summed E-state index contributed by atoms with van der Waals surface area (Å²) in [5.74, 6) is 0.600. The van der Waals surface area contributed by atoms with Crippen molar-refractivity contribution in [3.63, 3.8) is 0 Å². The van der Waals surface area contributed by atoms with E-state index in [1.165, 1.54) is 6.92 Å². The number of carbonyl (C=O) groups excluding carboxylic acids is 1. The molecule has 0 aromatic carbocycles.